The van der Waals surface area contributed by atoms with Crippen molar-refractivity contribution in [3.05, 3.63) is 42.0 Å². The maximum absolute atomic E-state index is 15.4. The molecule has 15 heteroatoms. The van der Waals surface area contributed by atoms with Crippen molar-refractivity contribution in [3.8, 4) is 22.5 Å². The van der Waals surface area contributed by atoms with Crippen LogP contribution in [0.3, 0.4) is 0 Å². The molecule has 0 fully saturated rings. The Morgan fingerprint density at radius 2 is 1.86 bits per heavy atom. The molecule has 11 nitrogen and oxygen atoms in total. The van der Waals surface area contributed by atoms with Crippen LogP contribution in [0.5, 0.6) is 0 Å². The average molecular weight is 542 g/mol. The number of sulfonamides is 1. The van der Waals surface area contributed by atoms with Crippen molar-refractivity contribution in [2.24, 2.45) is 0 Å². The maximum atomic E-state index is 15.4. The van der Waals surface area contributed by atoms with E-state index in [0.29, 0.717) is 12.3 Å². The summed E-state index contributed by atoms with van der Waals surface area (Å²) < 4.78 is 70.5. The lowest BCUT2D eigenvalue weighted by molar-refractivity contribution is 0.144. The lowest BCUT2D eigenvalue weighted by Gasteiger charge is -2.21. The van der Waals surface area contributed by atoms with Crippen molar-refractivity contribution in [2.75, 3.05) is 29.9 Å². The normalized spacial score (nSPS) is 12.5. The van der Waals surface area contributed by atoms with Gasteiger partial charge in [-0.25, -0.2) is 36.4 Å². The quantitative estimate of drug-likeness (QED) is 0.348. The molecule has 3 aromatic rings. The van der Waals surface area contributed by atoms with Crippen LogP contribution in [-0.2, 0) is 10.0 Å². The third-order valence-corrected chi connectivity index (χ3v) is 5.98. The number of nitrogens with zero attached hydrogens (tertiary/aromatic N) is 5. The molecule has 0 unspecified atom stereocenters. The highest BCUT2D eigenvalue weighted by Crippen LogP contribution is 2.37. The Bertz CT molecular complexity index is 1430. The van der Waals surface area contributed by atoms with Crippen LogP contribution in [0.25, 0.3) is 22.5 Å². The van der Waals surface area contributed by atoms with E-state index in [0.717, 1.165) is 4.90 Å². The van der Waals surface area contributed by atoms with Crippen LogP contribution in [0.1, 0.15) is 26.8 Å². The van der Waals surface area contributed by atoms with E-state index in [-0.39, 0.29) is 35.5 Å². The number of halogens is 3. The van der Waals surface area contributed by atoms with E-state index in [2.05, 4.69) is 20.4 Å². The van der Waals surface area contributed by atoms with E-state index in [1.54, 1.807) is 25.5 Å². The highest BCUT2D eigenvalue weighted by Gasteiger charge is 2.26. The second kappa shape index (κ2) is 10.6. The predicted octanol–water partition coefficient (Wildman–Crippen LogP) is 3.79. The molecule has 200 valence electrons. The van der Waals surface area contributed by atoms with Crippen LogP contribution >= 0.6 is 0 Å². The summed E-state index contributed by atoms with van der Waals surface area (Å²) in [7, 11) is -2.71. The van der Waals surface area contributed by atoms with Crippen molar-refractivity contribution in [3.63, 3.8) is 0 Å². The summed E-state index contributed by atoms with van der Waals surface area (Å²) in [4.78, 5) is 20.7. The van der Waals surface area contributed by atoms with Gasteiger partial charge in [-0.3, -0.25) is 9.40 Å². The van der Waals surface area contributed by atoms with Gasteiger partial charge in [-0.15, -0.1) is 0 Å². The van der Waals surface area contributed by atoms with Gasteiger partial charge < -0.3 is 15.3 Å². The third kappa shape index (κ3) is 6.28. The lowest BCUT2D eigenvalue weighted by atomic mass is 10.0. The molecule has 0 radical (unpaired) electrons. The fourth-order valence-electron chi connectivity index (χ4n) is 3.25. The van der Waals surface area contributed by atoms with Gasteiger partial charge in [-0.1, -0.05) is 0 Å². The smallest absolute Gasteiger partial charge is 0.407 e. The first-order valence-corrected chi connectivity index (χ1v) is 12.9. The number of hydrogen-bond acceptors (Lipinski definition) is 7. The summed E-state index contributed by atoms with van der Waals surface area (Å²) in [5, 5.41) is 16.4. The molecule has 1 amide bonds. The van der Waals surface area contributed by atoms with Crippen molar-refractivity contribution in [1.29, 1.82) is 0 Å². The van der Waals surface area contributed by atoms with E-state index in [4.69, 9.17) is 5.11 Å². The number of likely N-dealkylation sites (N-methyl/N-ethyl adjacent to an activating group) is 1. The van der Waals surface area contributed by atoms with Gasteiger partial charge in [0.2, 0.25) is 16.0 Å². The molecule has 0 spiro atoms. The van der Waals surface area contributed by atoms with Gasteiger partial charge in [0, 0.05) is 49.2 Å². The Hall–Kier alpha value is -3.88. The number of hydrogen-bond donors (Lipinski definition) is 3. The van der Waals surface area contributed by atoms with E-state index >= 15 is 4.39 Å². The van der Waals surface area contributed by atoms with Crippen molar-refractivity contribution in [2.45, 2.75) is 32.9 Å². The predicted molar refractivity (Wildman–Crippen MR) is 131 cm³/mol. The number of benzene rings is 1. The molecule has 3 N–H and O–H groups in total. The van der Waals surface area contributed by atoms with E-state index in [9.17, 15) is 22.0 Å². The van der Waals surface area contributed by atoms with Crippen LogP contribution < -0.4 is 10.0 Å². The molecule has 1 atom stereocenters. The summed E-state index contributed by atoms with van der Waals surface area (Å²) in [5.74, 6) is -4.38. The minimum absolute atomic E-state index is 0.106. The minimum atomic E-state index is -4.13. The summed E-state index contributed by atoms with van der Waals surface area (Å²) in [6.07, 6.45) is 2.52. The molecule has 1 aromatic carbocycles. The largest absolute Gasteiger partial charge is 0.465 e. The summed E-state index contributed by atoms with van der Waals surface area (Å²) in [6, 6.07) is 1.47. The van der Waals surface area contributed by atoms with Crippen molar-refractivity contribution < 1.29 is 31.5 Å². The van der Waals surface area contributed by atoms with Gasteiger partial charge in [0.15, 0.2) is 17.5 Å². The molecule has 3 rings (SSSR count). The summed E-state index contributed by atoms with van der Waals surface area (Å²) in [5.41, 5.74) is -1.26. The molecule has 0 saturated heterocycles. The van der Waals surface area contributed by atoms with Gasteiger partial charge >= 0.3 is 6.09 Å². The molecule has 0 saturated carbocycles. The van der Waals surface area contributed by atoms with Gasteiger partial charge in [-0.2, -0.15) is 5.10 Å². The zero-order valence-corrected chi connectivity index (χ0v) is 21.4. The molecule has 0 aliphatic carbocycles. The van der Waals surface area contributed by atoms with Crippen molar-refractivity contribution in [1.82, 2.24) is 24.6 Å². The first-order chi connectivity index (χ1) is 17.2. The maximum Gasteiger partial charge on any atom is 0.407 e. The van der Waals surface area contributed by atoms with Crippen LogP contribution in [-0.4, -0.2) is 70.2 Å². The second-order valence-corrected chi connectivity index (χ2v) is 10.4. The number of rotatable bonds is 9. The fraction of sp³-hybridized carbons (Fsp3) is 0.364. The minimum Gasteiger partial charge on any atom is -0.465 e. The molecule has 0 aliphatic rings. The molecule has 2 aromatic heterocycles. The summed E-state index contributed by atoms with van der Waals surface area (Å²) >= 11 is 0. The van der Waals surface area contributed by atoms with E-state index in [1.807, 2.05) is 0 Å². The highest BCUT2D eigenvalue weighted by molar-refractivity contribution is 7.92. The Labute approximate surface area is 211 Å². The van der Waals surface area contributed by atoms with Gasteiger partial charge in [-0.05, 0) is 32.9 Å². The molecular formula is C22H26F3N7O4S. The first kappa shape index (κ1) is 27.7. The monoisotopic (exact) mass is 541 g/mol. The van der Waals surface area contributed by atoms with Crippen LogP contribution in [0.4, 0.5) is 29.6 Å². The number of carbonyl (C=O) groups is 1. The fourth-order valence-corrected chi connectivity index (χ4v) is 3.80. The average Bonchev–Trinajstić information content (AvgIpc) is 3.27. The number of anilines is 2. The highest BCUT2D eigenvalue weighted by atomic mass is 32.2. The molecular weight excluding hydrogens is 515 g/mol. The lowest BCUT2D eigenvalue weighted by Crippen LogP contribution is -2.38. The first-order valence-electron chi connectivity index (χ1n) is 11.0. The number of amides is 1. The Kier molecular flexibility index (Phi) is 7.95. The number of carboxylic acid groups (broad SMARTS) is 1. The van der Waals surface area contributed by atoms with Crippen molar-refractivity contribution >= 4 is 27.8 Å². The standard InChI is InChI=1S/C22H26F3N7O4S/c1-11(2)32-10-14(16-6-7-26-21(28-16)27-9-12(3)31(4)22(33)34)19(29-32)13-8-15(23)18(25)20(17(13)24)30-37(5,35)36/h6-8,10-12,30H,9H2,1-5H3,(H,33,34)(H,26,27,28)/t12-/m0/s1. The van der Waals surface area contributed by atoms with Crippen LogP contribution in [0.15, 0.2) is 24.5 Å². The summed E-state index contributed by atoms with van der Waals surface area (Å²) in [6.45, 7) is 5.46. The van der Waals surface area contributed by atoms with Gasteiger partial charge in [0.1, 0.15) is 11.4 Å². The third-order valence-electron chi connectivity index (χ3n) is 5.41. The number of aromatic nitrogens is 4. The van der Waals surface area contributed by atoms with E-state index < -0.39 is 50.9 Å². The molecule has 37 heavy (non-hydrogen) atoms. The van der Waals surface area contributed by atoms with E-state index in [1.165, 1.54) is 30.2 Å². The van der Waals surface area contributed by atoms with Gasteiger partial charge in [0.25, 0.3) is 0 Å². The Balaban J connectivity index is 2.10. The Morgan fingerprint density at radius 3 is 2.46 bits per heavy atom. The molecule has 0 bridgehead atoms. The second-order valence-electron chi connectivity index (χ2n) is 8.64. The zero-order chi connectivity index (χ0) is 27.7. The van der Waals surface area contributed by atoms with Crippen LogP contribution in [0.2, 0.25) is 0 Å². The topological polar surface area (TPSA) is 142 Å². The SMILES string of the molecule is CC(C)n1cc(-c2ccnc(NC[C@H](C)N(C)C(=O)O)n2)c(-c2cc(F)c(F)c(NS(C)(=O)=O)c2F)n1. The molecule has 0 aliphatic heterocycles. The van der Waals surface area contributed by atoms with Gasteiger partial charge in [0.05, 0.1) is 11.9 Å². The zero-order valence-electron chi connectivity index (χ0n) is 20.6. The number of nitrogens with one attached hydrogen (secondary N) is 2. The van der Waals surface area contributed by atoms with Crippen LogP contribution in [0, 0.1) is 17.5 Å². The molecule has 2 heterocycles. The Morgan fingerprint density at radius 1 is 1.19 bits per heavy atom.